The molecule has 0 bridgehead atoms. The third-order valence-electron chi connectivity index (χ3n) is 4.38. The van der Waals surface area contributed by atoms with E-state index in [0.29, 0.717) is 33.9 Å². The van der Waals surface area contributed by atoms with E-state index in [0.717, 1.165) is 0 Å². The molecule has 1 heterocycles. The minimum Gasteiger partial charge on any atom is -0.496 e. The van der Waals surface area contributed by atoms with E-state index in [-0.39, 0.29) is 17.3 Å². The van der Waals surface area contributed by atoms with Crippen LogP contribution in [0.15, 0.2) is 41.0 Å². The van der Waals surface area contributed by atoms with Crippen LogP contribution < -0.4 is 14.2 Å². The van der Waals surface area contributed by atoms with Crippen molar-refractivity contribution in [3.8, 4) is 17.2 Å². The summed E-state index contributed by atoms with van der Waals surface area (Å²) < 4.78 is 21.1. The van der Waals surface area contributed by atoms with Crippen molar-refractivity contribution in [2.75, 3.05) is 21.3 Å². The van der Waals surface area contributed by atoms with E-state index in [1.807, 2.05) is 0 Å². The Labute approximate surface area is 166 Å². The van der Waals surface area contributed by atoms with E-state index in [9.17, 15) is 14.9 Å². The summed E-state index contributed by atoms with van der Waals surface area (Å²) in [5, 5.41) is 11.2. The molecule has 0 radical (unpaired) electrons. The summed E-state index contributed by atoms with van der Waals surface area (Å²) in [4.78, 5) is 27.2. The van der Waals surface area contributed by atoms with Gasteiger partial charge in [-0.05, 0) is 25.1 Å². The number of hydrogen-bond donors (Lipinski definition) is 0. The number of nitrogens with zero attached hydrogens (tertiary/aromatic N) is 2. The minimum absolute atomic E-state index is 0.00175. The van der Waals surface area contributed by atoms with E-state index in [2.05, 4.69) is 4.99 Å². The van der Waals surface area contributed by atoms with Gasteiger partial charge in [0.15, 0.2) is 17.2 Å². The first-order valence-corrected chi connectivity index (χ1v) is 8.46. The molecule has 0 fully saturated rings. The first-order valence-electron chi connectivity index (χ1n) is 8.46. The molecule has 0 unspecified atom stereocenters. The number of rotatable bonds is 6. The third kappa shape index (κ3) is 3.75. The summed E-state index contributed by atoms with van der Waals surface area (Å²) in [6.45, 7) is 1.57. The number of ether oxygens (including phenoxy) is 4. The van der Waals surface area contributed by atoms with Crippen LogP contribution in [0.3, 0.4) is 0 Å². The SMILES string of the molecule is COc1cc(OC)c(OC)cc1/C=C1\N=C(c2cccc([N+](=O)[O-])c2C)OC1=O. The summed E-state index contributed by atoms with van der Waals surface area (Å²) in [7, 11) is 4.48. The molecule has 1 aliphatic heterocycles. The van der Waals surface area contributed by atoms with Crippen molar-refractivity contribution in [3.05, 3.63) is 62.8 Å². The van der Waals surface area contributed by atoms with Gasteiger partial charge in [0.1, 0.15) is 5.75 Å². The molecule has 0 saturated heterocycles. The van der Waals surface area contributed by atoms with Crippen LogP contribution in [0.5, 0.6) is 17.2 Å². The maximum absolute atomic E-state index is 12.3. The van der Waals surface area contributed by atoms with Crippen LogP contribution in [0.2, 0.25) is 0 Å². The molecule has 0 aromatic heterocycles. The largest absolute Gasteiger partial charge is 0.496 e. The normalized spacial score (nSPS) is 14.4. The molecule has 2 aromatic rings. The van der Waals surface area contributed by atoms with Gasteiger partial charge >= 0.3 is 5.97 Å². The number of esters is 1. The van der Waals surface area contributed by atoms with Crippen LogP contribution in [-0.2, 0) is 9.53 Å². The van der Waals surface area contributed by atoms with Crippen molar-refractivity contribution < 1.29 is 28.7 Å². The first-order chi connectivity index (χ1) is 13.9. The van der Waals surface area contributed by atoms with Crippen molar-refractivity contribution in [1.82, 2.24) is 0 Å². The van der Waals surface area contributed by atoms with Crippen molar-refractivity contribution in [3.63, 3.8) is 0 Å². The number of cyclic esters (lactones) is 1. The number of carbonyl (C=O) groups is 1. The molecule has 0 saturated carbocycles. The Kier molecular flexibility index (Phi) is 5.49. The third-order valence-corrected chi connectivity index (χ3v) is 4.38. The number of benzene rings is 2. The van der Waals surface area contributed by atoms with Crippen LogP contribution in [0.25, 0.3) is 6.08 Å². The summed E-state index contributed by atoms with van der Waals surface area (Å²) in [5.41, 5.74) is 1.19. The molecular formula is C20H18N2O7. The van der Waals surface area contributed by atoms with Gasteiger partial charge in [-0.3, -0.25) is 10.1 Å². The fourth-order valence-electron chi connectivity index (χ4n) is 2.89. The highest BCUT2D eigenvalue weighted by atomic mass is 16.6. The van der Waals surface area contributed by atoms with Crippen LogP contribution in [0.1, 0.15) is 16.7 Å². The van der Waals surface area contributed by atoms with Gasteiger partial charge in [-0.2, -0.15) is 0 Å². The second-order valence-electron chi connectivity index (χ2n) is 5.99. The Morgan fingerprint density at radius 2 is 1.72 bits per heavy atom. The van der Waals surface area contributed by atoms with Gasteiger partial charge < -0.3 is 18.9 Å². The molecule has 9 heteroatoms. The number of nitro groups is 1. The summed E-state index contributed by atoms with van der Waals surface area (Å²) in [5.74, 6) is 0.685. The highest BCUT2D eigenvalue weighted by Crippen LogP contribution is 2.36. The molecule has 0 spiro atoms. The minimum atomic E-state index is -0.678. The number of nitro benzene ring substituents is 1. The lowest BCUT2D eigenvalue weighted by Crippen LogP contribution is -2.08. The van der Waals surface area contributed by atoms with E-state index in [4.69, 9.17) is 18.9 Å². The standard InChI is InChI=1S/C20H18N2O7/c1-11-13(6-5-7-15(11)22(24)25)19-21-14(20(23)29-19)8-12-9-17(27-3)18(28-4)10-16(12)26-2/h5-10H,1-4H3/b14-8-. The van der Waals surface area contributed by atoms with Crippen molar-refractivity contribution >= 4 is 23.6 Å². The fourth-order valence-corrected chi connectivity index (χ4v) is 2.89. The van der Waals surface area contributed by atoms with Gasteiger partial charge in [0.05, 0.1) is 26.3 Å². The Hall–Kier alpha value is -3.88. The predicted molar refractivity (Wildman–Crippen MR) is 105 cm³/mol. The van der Waals surface area contributed by atoms with Gasteiger partial charge in [-0.15, -0.1) is 0 Å². The summed E-state index contributed by atoms with van der Waals surface area (Å²) >= 11 is 0. The van der Waals surface area contributed by atoms with Gasteiger partial charge in [-0.1, -0.05) is 6.07 Å². The Morgan fingerprint density at radius 1 is 1.07 bits per heavy atom. The Balaban J connectivity index is 2.06. The summed E-state index contributed by atoms with van der Waals surface area (Å²) in [6, 6.07) is 7.76. The number of aliphatic imine (C=N–C) groups is 1. The predicted octanol–water partition coefficient (Wildman–Crippen LogP) is 3.27. The molecule has 150 valence electrons. The van der Waals surface area contributed by atoms with Gasteiger partial charge in [0.25, 0.3) is 5.69 Å². The molecule has 29 heavy (non-hydrogen) atoms. The highest BCUT2D eigenvalue weighted by Gasteiger charge is 2.28. The lowest BCUT2D eigenvalue weighted by Gasteiger charge is -2.12. The number of hydrogen-bond acceptors (Lipinski definition) is 8. The van der Waals surface area contributed by atoms with Crippen molar-refractivity contribution in [2.24, 2.45) is 4.99 Å². The Bertz CT molecular complexity index is 1060. The van der Waals surface area contributed by atoms with E-state index < -0.39 is 10.9 Å². The maximum Gasteiger partial charge on any atom is 0.363 e. The van der Waals surface area contributed by atoms with E-state index in [1.54, 1.807) is 25.1 Å². The van der Waals surface area contributed by atoms with Gasteiger partial charge in [0, 0.05) is 28.8 Å². The molecule has 0 aliphatic carbocycles. The van der Waals surface area contributed by atoms with E-state index >= 15 is 0 Å². The second kappa shape index (κ2) is 8.01. The second-order valence-corrected chi connectivity index (χ2v) is 5.99. The van der Waals surface area contributed by atoms with Crippen LogP contribution in [0.4, 0.5) is 5.69 Å². The van der Waals surface area contributed by atoms with Gasteiger partial charge in [-0.25, -0.2) is 9.79 Å². The molecule has 0 amide bonds. The van der Waals surface area contributed by atoms with Crippen molar-refractivity contribution in [2.45, 2.75) is 6.92 Å². The molecule has 1 aliphatic rings. The van der Waals surface area contributed by atoms with Crippen LogP contribution >= 0.6 is 0 Å². The van der Waals surface area contributed by atoms with Crippen molar-refractivity contribution in [1.29, 1.82) is 0 Å². The zero-order chi connectivity index (χ0) is 21.1. The van der Waals surface area contributed by atoms with Crippen LogP contribution in [0, 0.1) is 17.0 Å². The lowest BCUT2D eigenvalue weighted by atomic mass is 10.1. The maximum atomic E-state index is 12.3. The Morgan fingerprint density at radius 3 is 2.34 bits per heavy atom. The molecule has 0 atom stereocenters. The monoisotopic (exact) mass is 398 g/mol. The molecule has 9 nitrogen and oxygen atoms in total. The number of methoxy groups -OCH3 is 3. The lowest BCUT2D eigenvalue weighted by molar-refractivity contribution is -0.385. The first kappa shape index (κ1) is 19.9. The topological polar surface area (TPSA) is 109 Å². The van der Waals surface area contributed by atoms with Crippen LogP contribution in [-0.4, -0.2) is 38.1 Å². The molecule has 2 aromatic carbocycles. The summed E-state index contributed by atoms with van der Waals surface area (Å²) in [6.07, 6.45) is 1.49. The quantitative estimate of drug-likeness (QED) is 0.318. The highest BCUT2D eigenvalue weighted by molar-refractivity contribution is 6.13. The molecule has 3 rings (SSSR count). The van der Waals surface area contributed by atoms with Gasteiger partial charge in [0.2, 0.25) is 5.90 Å². The molecular weight excluding hydrogens is 380 g/mol. The fraction of sp³-hybridized carbons (Fsp3) is 0.200. The number of carbonyl (C=O) groups excluding carboxylic acids is 1. The van der Waals surface area contributed by atoms with E-state index in [1.165, 1.54) is 39.5 Å². The molecule has 0 N–H and O–H groups in total. The average Bonchev–Trinajstić information content (AvgIpc) is 3.07. The zero-order valence-electron chi connectivity index (χ0n) is 16.2. The smallest absolute Gasteiger partial charge is 0.363 e. The zero-order valence-corrected chi connectivity index (χ0v) is 16.2. The average molecular weight is 398 g/mol.